The number of carbonyl (C=O) groups is 1. The fraction of sp³-hybridized carbons (Fsp3) is 0.357. The van der Waals surface area contributed by atoms with Crippen LogP contribution in [-0.2, 0) is 11.3 Å². The number of likely N-dealkylation sites (tertiary alicyclic amines) is 1. The number of nitrogens with zero attached hydrogens (tertiary/aromatic N) is 1. The van der Waals surface area contributed by atoms with E-state index in [9.17, 15) is 9.90 Å². The maximum atomic E-state index is 11.8. The molecule has 0 spiro atoms. The van der Waals surface area contributed by atoms with Gasteiger partial charge in [0, 0.05) is 12.5 Å². The fourth-order valence-electron chi connectivity index (χ4n) is 2.00. The van der Waals surface area contributed by atoms with Gasteiger partial charge in [0.2, 0.25) is 0 Å². The van der Waals surface area contributed by atoms with Crippen molar-refractivity contribution in [2.45, 2.75) is 12.7 Å². The highest BCUT2D eigenvalue weighted by molar-refractivity contribution is 5.68. The second-order valence-corrected chi connectivity index (χ2v) is 4.41. The summed E-state index contributed by atoms with van der Waals surface area (Å²) < 4.78 is 5.19. The van der Waals surface area contributed by atoms with E-state index < -0.39 is 6.10 Å². The first kappa shape index (κ1) is 12.6. The lowest BCUT2D eigenvalue weighted by atomic mass is 10.1. The summed E-state index contributed by atoms with van der Waals surface area (Å²) in [6.07, 6.45) is 0.754. The summed E-state index contributed by atoms with van der Waals surface area (Å²) >= 11 is 0. The Labute approximate surface area is 106 Å². The van der Waals surface area contributed by atoms with Crippen LogP contribution in [0.25, 0.3) is 0 Å². The van der Waals surface area contributed by atoms with Crippen LogP contribution in [0.4, 0.5) is 4.79 Å². The van der Waals surface area contributed by atoms with Gasteiger partial charge in [-0.05, 0) is 5.56 Å². The molecule has 1 aliphatic heterocycles. The molecular formula is C14H17NO3. The van der Waals surface area contributed by atoms with Gasteiger partial charge < -0.3 is 14.7 Å². The average Bonchev–Trinajstić information content (AvgIpc) is 2.78. The van der Waals surface area contributed by atoms with Crippen LogP contribution in [0.1, 0.15) is 5.56 Å². The molecule has 0 unspecified atom stereocenters. The van der Waals surface area contributed by atoms with Gasteiger partial charge >= 0.3 is 6.09 Å². The summed E-state index contributed by atoms with van der Waals surface area (Å²) in [5.41, 5.74) is 0.950. The first-order chi connectivity index (χ1) is 8.70. The Kier molecular flexibility index (Phi) is 3.99. The molecule has 1 aromatic rings. The van der Waals surface area contributed by atoms with Gasteiger partial charge in [0.05, 0.1) is 12.6 Å². The van der Waals surface area contributed by atoms with E-state index in [0.29, 0.717) is 13.1 Å². The van der Waals surface area contributed by atoms with Gasteiger partial charge in [0.1, 0.15) is 6.61 Å². The van der Waals surface area contributed by atoms with Crippen molar-refractivity contribution < 1.29 is 14.6 Å². The van der Waals surface area contributed by atoms with Crippen molar-refractivity contribution in [1.29, 1.82) is 0 Å². The van der Waals surface area contributed by atoms with Crippen molar-refractivity contribution in [3.63, 3.8) is 0 Å². The second-order valence-electron chi connectivity index (χ2n) is 4.41. The molecule has 1 aromatic carbocycles. The van der Waals surface area contributed by atoms with Gasteiger partial charge in [-0.1, -0.05) is 36.4 Å². The lowest BCUT2D eigenvalue weighted by Gasteiger charge is -2.15. The number of hydrogen-bond acceptors (Lipinski definition) is 3. The summed E-state index contributed by atoms with van der Waals surface area (Å²) in [5.74, 6) is -0.0609. The molecule has 1 amide bonds. The molecular weight excluding hydrogens is 230 g/mol. The largest absolute Gasteiger partial charge is 0.445 e. The Morgan fingerprint density at radius 1 is 1.44 bits per heavy atom. The summed E-state index contributed by atoms with van der Waals surface area (Å²) in [6.45, 7) is 4.68. The second kappa shape index (κ2) is 5.69. The van der Waals surface area contributed by atoms with E-state index in [1.165, 1.54) is 4.90 Å². The minimum atomic E-state index is -0.535. The Hall–Kier alpha value is -1.81. The van der Waals surface area contributed by atoms with Gasteiger partial charge in [0.25, 0.3) is 0 Å². The smallest absolute Gasteiger partial charge is 0.410 e. The lowest BCUT2D eigenvalue weighted by Crippen LogP contribution is -2.30. The zero-order valence-corrected chi connectivity index (χ0v) is 10.2. The number of hydrogen-bond donors (Lipinski definition) is 1. The third kappa shape index (κ3) is 2.90. The zero-order chi connectivity index (χ0) is 13.0. The molecule has 1 saturated heterocycles. The molecule has 4 heteroatoms. The highest BCUT2D eigenvalue weighted by Gasteiger charge is 2.32. The summed E-state index contributed by atoms with van der Waals surface area (Å²) in [4.78, 5) is 13.3. The SMILES string of the molecule is C=C[C@@H]1CN(C(=O)OCc2ccccc2)C[C@H]1O. The third-order valence-corrected chi connectivity index (χ3v) is 3.10. The number of ether oxygens (including phenoxy) is 1. The van der Waals surface area contributed by atoms with E-state index in [2.05, 4.69) is 6.58 Å². The van der Waals surface area contributed by atoms with Crippen LogP contribution < -0.4 is 0 Å². The van der Waals surface area contributed by atoms with Gasteiger partial charge in [0.15, 0.2) is 0 Å². The molecule has 2 rings (SSSR count). The molecule has 96 valence electrons. The molecule has 0 aromatic heterocycles. The Morgan fingerprint density at radius 2 is 2.17 bits per heavy atom. The molecule has 4 nitrogen and oxygen atoms in total. The molecule has 18 heavy (non-hydrogen) atoms. The minimum absolute atomic E-state index is 0.0609. The Morgan fingerprint density at radius 3 is 2.78 bits per heavy atom. The van der Waals surface area contributed by atoms with E-state index in [-0.39, 0.29) is 18.6 Å². The molecule has 1 fully saturated rings. The highest BCUT2D eigenvalue weighted by Crippen LogP contribution is 2.18. The van der Waals surface area contributed by atoms with Gasteiger partial charge in [-0.25, -0.2) is 4.79 Å². The summed E-state index contributed by atoms with van der Waals surface area (Å²) in [7, 11) is 0. The van der Waals surface area contributed by atoms with Gasteiger partial charge in [-0.3, -0.25) is 0 Å². The quantitative estimate of drug-likeness (QED) is 0.829. The molecule has 0 radical (unpaired) electrons. The molecule has 2 atom stereocenters. The van der Waals surface area contributed by atoms with Crippen LogP contribution in [0.2, 0.25) is 0 Å². The predicted molar refractivity (Wildman–Crippen MR) is 67.9 cm³/mol. The number of aliphatic hydroxyl groups excluding tert-OH is 1. The number of carbonyl (C=O) groups excluding carboxylic acids is 1. The Balaban J connectivity index is 1.84. The third-order valence-electron chi connectivity index (χ3n) is 3.10. The lowest BCUT2D eigenvalue weighted by molar-refractivity contribution is 0.0969. The predicted octanol–water partition coefficient (Wildman–Crippen LogP) is 1.80. The molecule has 1 aliphatic rings. The maximum absolute atomic E-state index is 11.8. The van der Waals surface area contributed by atoms with Crippen molar-refractivity contribution in [2.24, 2.45) is 5.92 Å². The number of amides is 1. The van der Waals surface area contributed by atoms with E-state index in [0.717, 1.165) is 5.56 Å². The van der Waals surface area contributed by atoms with Gasteiger partial charge in [-0.2, -0.15) is 0 Å². The standard InChI is InChI=1S/C14H17NO3/c1-2-12-8-15(9-13(12)16)14(17)18-10-11-6-4-3-5-7-11/h2-7,12-13,16H,1,8-10H2/t12-,13-/m1/s1. The summed E-state index contributed by atoms with van der Waals surface area (Å²) in [5, 5.41) is 9.67. The van der Waals surface area contributed by atoms with Crippen LogP contribution in [0.15, 0.2) is 43.0 Å². The maximum Gasteiger partial charge on any atom is 0.410 e. The highest BCUT2D eigenvalue weighted by atomic mass is 16.6. The van der Waals surface area contributed by atoms with E-state index in [1.54, 1.807) is 6.08 Å². The van der Waals surface area contributed by atoms with Crippen LogP contribution >= 0.6 is 0 Å². The molecule has 0 aliphatic carbocycles. The van der Waals surface area contributed by atoms with Crippen molar-refractivity contribution in [3.8, 4) is 0 Å². The molecule has 1 N–H and O–H groups in total. The van der Waals surface area contributed by atoms with Gasteiger partial charge in [-0.15, -0.1) is 6.58 Å². The number of benzene rings is 1. The monoisotopic (exact) mass is 247 g/mol. The van der Waals surface area contributed by atoms with E-state index in [1.807, 2.05) is 30.3 Å². The fourth-order valence-corrected chi connectivity index (χ4v) is 2.00. The van der Waals surface area contributed by atoms with E-state index in [4.69, 9.17) is 4.74 Å². The topological polar surface area (TPSA) is 49.8 Å². The van der Waals surface area contributed by atoms with Crippen LogP contribution in [0.5, 0.6) is 0 Å². The van der Waals surface area contributed by atoms with Crippen molar-refractivity contribution >= 4 is 6.09 Å². The number of rotatable bonds is 3. The summed E-state index contributed by atoms with van der Waals surface area (Å²) in [6, 6.07) is 9.52. The van der Waals surface area contributed by atoms with Crippen LogP contribution in [0.3, 0.4) is 0 Å². The zero-order valence-electron chi connectivity index (χ0n) is 10.2. The average molecular weight is 247 g/mol. The van der Waals surface area contributed by atoms with Crippen molar-refractivity contribution in [2.75, 3.05) is 13.1 Å². The Bertz CT molecular complexity index is 418. The first-order valence-corrected chi connectivity index (χ1v) is 5.97. The number of β-amino-alcohol motifs (C(OH)–C–C–N with tert-alkyl or cyclic N) is 1. The molecule has 1 heterocycles. The minimum Gasteiger partial charge on any atom is -0.445 e. The molecule has 0 saturated carbocycles. The van der Waals surface area contributed by atoms with Crippen molar-refractivity contribution in [1.82, 2.24) is 4.90 Å². The van der Waals surface area contributed by atoms with Crippen LogP contribution in [0, 0.1) is 5.92 Å². The molecule has 0 bridgehead atoms. The number of aliphatic hydroxyl groups is 1. The first-order valence-electron chi connectivity index (χ1n) is 5.97. The van der Waals surface area contributed by atoms with Crippen LogP contribution in [-0.4, -0.2) is 35.3 Å². The normalized spacial score (nSPS) is 22.8. The van der Waals surface area contributed by atoms with Crippen molar-refractivity contribution in [3.05, 3.63) is 48.6 Å². The van der Waals surface area contributed by atoms with E-state index >= 15 is 0 Å².